The lowest BCUT2D eigenvalue weighted by atomic mass is 10.1. The van der Waals surface area contributed by atoms with Gasteiger partial charge in [-0.1, -0.05) is 13.8 Å². The van der Waals surface area contributed by atoms with Gasteiger partial charge in [-0.3, -0.25) is 4.79 Å². The molecule has 2 rings (SSSR count). The number of anilines is 2. The van der Waals surface area contributed by atoms with Gasteiger partial charge in [0.05, 0.1) is 0 Å². The maximum absolute atomic E-state index is 12.4. The first kappa shape index (κ1) is 16.1. The fourth-order valence-electron chi connectivity index (χ4n) is 2.27. The van der Waals surface area contributed by atoms with Crippen LogP contribution in [0.3, 0.4) is 0 Å². The molecule has 1 aromatic rings. The predicted molar refractivity (Wildman–Crippen MR) is 89.0 cm³/mol. The van der Waals surface area contributed by atoms with Crippen molar-refractivity contribution in [3.8, 4) is 0 Å². The predicted octanol–water partition coefficient (Wildman–Crippen LogP) is 2.88. The zero-order valence-electron chi connectivity index (χ0n) is 13.3. The Morgan fingerprint density at radius 1 is 1.43 bits per heavy atom. The number of amides is 1. The Bertz CT molecular complexity index is 494. The number of nitrogens with one attached hydrogen (secondary N) is 1. The van der Waals surface area contributed by atoms with Crippen molar-refractivity contribution < 1.29 is 4.79 Å². The molecule has 1 saturated carbocycles. The third-order valence-corrected chi connectivity index (χ3v) is 4.44. The minimum Gasteiger partial charge on any atom is -0.382 e. The Labute approximate surface area is 131 Å². The molecule has 1 aliphatic rings. The van der Waals surface area contributed by atoms with Crippen molar-refractivity contribution in [3.63, 3.8) is 0 Å². The quantitative estimate of drug-likeness (QED) is 0.812. The number of nitrogens with two attached hydrogens (primary N) is 1. The largest absolute Gasteiger partial charge is 0.382 e. The van der Waals surface area contributed by atoms with Crippen LogP contribution in [-0.4, -0.2) is 28.9 Å². The van der Waals surface area contributed by atoms with Crippen molar-refractivity contribution in [2.45, 2.75) is 59.0 Å². The molecular weight excluding hydrogens is 284 g/mol. The SMILES string of the molecule is CC(C)CCN(c1snc(N)c1C(=O)NC(C)C)C1CC1. The van der Waals surface area contributed by atoms with E-state index in [0.29, 0.717) is 23.3 Å². The van der Waals surface area contributed by atoms with Crippen LogP contribution in [0.25, 0.3) is 0 Å². The molecule has 0 saturated heterocycles. The van der Waals surface area contributed by atoms with Gasteiger partial charge in [-0.2, -0.15) is 4.37 Å². The molecule has 0 aliphatic heterocycles. The van der Waals surface area contributed by atoms with Gasteiger partial charge in [0.2, 0.25) is 0 Å². The van der Waals surface area contributed by atoms with Gasteiger partial charge < -0.3 is 16.0 Å². The van der Waals surface area contributed by atoms with E-state index in [4.69, 9.17) is 5.73 Å². The molecule has 5 nitrogen and oxygen atoms in total. The van der Waals surface area contributed by atoms with Gasteiger partial charge in [-0.25, -0.2) is 0 Å². The Hall–Kier alpha value is -1.30. The first-order chi connectivity index (χ1) is 9.90. The Morgan fingerprint density at radius 2 is 2.10 bits per heavy atom. The maximum Gasteiger partial charge on any atom is 0.258 e. The van der Waals surface area contributed by atoms with Crippen molar-refractivity contribution in [1.29, 1.82) is 0 Å². The van der Waals surface area contributed by atoms with Crippen LogP contribution in [0.5, 0.6) is 0 Å². The molecular formula is C15H26N4OS. The summed E-state index contributed by atoms with van der Waals surface area (Å²) in [6.07, 6.45) is 3.50. The minimum atomic E-state index is -0.110. The summed E-state index contributed by atoms with van der Waals surface area (Å²) < 4.78 is 4.22. The summed E-state index contributed by atoms with van der Waals surface area (Å²) in [6, 6.07) is 0.642. The lowest BCUT2D eigenvalue weighted by molar-refractivity contribution is 0.0944. The topological polar surface area (TPSA) is 71.2 Å². The summed E-state index contributed by atoms with van der Waals surface area (Å²) in [5, 5.41) is 3.87. The van der Waals surface area contributed by atoms with E-state index < -0.39 is 0 Å². The van der Waals surface area contributed by atoms with E-state index in [1.807, 2.05) is 13.8 Å². The van der Waals surface area contributed by atoms with E-state index in [1.54, 1.807) is 0 Å². The van der Waals surface area contributed by atoms with Gasteiger partial charge in [0.25, 0.3) is 5.91 Å². The van der Waals surface area contributed by atoms with Gasteiger partial charge in [0.15, 0.2) is 5.82 Å². The average molecular weight is 310 g/mol. The van der Waals surface area contributed by atoms with Crippen LogP contribution >= 0.6 is 11.5 Å². The monoisotopic (exact) mass is 310 g/mol. The summed E-state index contributed by atoms with van der Waals surface area (Å²) in [4.78, 5) is 14.7. The highest BCUT2D eigenvalue weighted by Gasteiger charge is 2.34. The first-order valence-corrected chi connectivity index (χ1v) is 8.50. The molecule has 1 amide bonds. The van der Waals surface area contributed by atoms with Gasteiger partial charge in [-0.15, -0.1) is 0 Å². The van der Waals surface area contributed by atoms with Crippen LogP contribution < -0.4 is 16.0 Å². The molecule has 1 aliphatic carbocycles. The lowest BCUT2D eigenvalue weighted by Crippen LogP contribution is -2.33. The average Bonchev–Trinajstić information content (AvgIpc) is 3.12. The number of aromatic nitrogens is 1. The van der Waals surface area contributed by atoms with Crippen LogP contribution in [0.4, 0.5) is 10.8 Å². The smallest absolute Gasteiger partial charge is 0.258 e. The van der Waals surface area contributed by atoms with Gasteiger partial charge in [0.1, 0.15) is 10.6 Å². The van der Waals surface area contributed by atoms with Crippen LogP contribution in [0, 0.1) is 5.92 Å². The van der Waals surface area contributed by atoms with E-state index >= 15 is 0 Å². The molecule has 1 fully saturated rings. The van der Waals surface area contributed by atoms with E-state index in [0.717, 1.165) is 18.0 Å². The van der Waals surface area contributed by atoms with Crippen molar-refractivity contribution in [3.05, 3.63) is 5.56 Å². The van der Waals surface area contributed by atoms with E-state index in [2.05, 4.69) is 28.4 Å². The third-order valence-electron chi connectivity index (χ3n) is 3.54. The normalized spacial score (nSPS) is 14.8. The second-order valence-corrected chi connectivity index (χ2v) is 7.24. The number of nitrogen functional groups attached to an aromatic ring is 1. The standard InChI is InChI=1S/C15H26N4OS/c1-9(2)7-8-19(11-5-6-11)15-12(13(16)18-21-15)14(20)17-10(3)4/h9-11H,5-8H2,1-4H3,(H2,16,18)(H,17,20). The summed E-state index contributed by atoms with van der Waals surface area (Å²) in [6.45, 7) is 9.30. The van der Waals surface area contributed by atoms with E-state index in [-0.39, 0.29) is 11.9 Å². The number of hydrogen-bond acceptors (Lipinski definition) is 5. The van der Waals surface area contributed by atoms with Gasteiger partial charge >= 0.3 is 0 Å². The Kier molecular flexibility index (Phi) is 5.08. The number of carbonyl (C=O) groups is 1. The molecule has 0 bridgehead atoms. The minimum absolute atomic E-state index is 0.0923. The molecule has 6 heteroatoms. The number of nitrogens with zero attached hydrogens (tertiary/aromatic N) is 2. The maximum atomic E-state index is 12.4. The third kappa shape index (κ3) is 4.09. The molecule has 1 aromatic heterocycles. The van der Waals surface area contributed by atoms with Gasteiger partial charge in [-0.05, 0) is 50.6 Å². The van der Waals surface area contributed by atoms with E-state index in [1.165, 1.54) is 24.4 Å². The highest BCUT2D eigenvalue weighted by atomic mass is 32.1. The summed E-state index contributed by atoms with van der Waals surface area (Å²) in [5.74, 6) is 0.884. The molecule has 0 atom stereocenters. The van der Waals surface area contributed by atoms with Crippen molar-refractivity contribution in [2.75, 3.05) is 17.2 Å². The number of rotatable bonds is 7. The fraction of sp³-hybridized carbons (Fsp3) is 0.733. The summed E-state index contributed by atoms with van der Waals surface area (Å²) in [7, 11) is 0. The van der Waals surface area contributed by atoms with Crippen molar-refractivity contribution in [2.24, 2.45) is 5.92 Å². The number of hydrogen-bond donors (Lipinski definition) is 2. The zero-order valence-corrected chi connectivity index (χ0v) is 14.2. The first-order valence-electron chi connectivity index (χ1n) is 7.72. The van der Waals surface area contributed by atoms with Crippen LogP contribution in [0.1, 0.15) is 57.3 Å². The van der Waals surface area contributed by atoms with Crippen molar-refractivity contribution in [1.82, 2.24) is 9.69 Å². The van der Waals surface area contributed by atoms with Crippen LogP contribution in [-0.2, 0) is 0 Å². The molecule has 21 heavy (non-hydrogen) atoms. The zero-order chi connectivity index (χ0) is 15.6. The van der Waals surface area contributed by atoms with Crippen LogP contribution in [0.2, 0.25) is 0 Å². The highest BCUT2D eigenvalue weighted by molar-refractivity contribution is 7.11. The summed E-state index contributed by atoms with van der Waals surface area (Å²) in [5.41, 5.74) is 6.50. The molecule has 118 valence electrons. The molecule has 1 heterocycles. The van der Waals surface area contributed by atoms with Crippen LogP contribution in [0.15, 0.2) is 0 Å². The molecule has 0 aromatic carbocycles. The van der Waals surface area contributed by atoms with Gasteiger partial charge in [0, 0.05) is 18.6 Å². The Balaban J connectivity index is 2.22. The molecule has 0 radical (unpaired) electrons. The van der Waals surface area contributed by atoms with E-state index in [9.17, 15) is 4.79 Å². The second-order valence-electron chi connectivity index (χ2n) is 6.48. The van der Waals surface area contributed by atoms with Crippen molar-refractivity contribution >= 4 is 28.3 Å². The Morgan fingerprint density at radius 3 is 2.62 bits per heavy atom. The summed E-state index contributed by atoms with van der Waals surface area (Å²) >= 11 is 1.35. The molecule has 0 unspecified atom stereocenters. The lowest BCUT2D eigenvalue weighted by Gasteiger charge is -2.24. The fourth-order valence-corrected chi connectivity index (χ4v) is 3.18. The highest BCUT2D eigenvalue weighted by Crippen LogP contribution is 2.38. The molecule has 3 N–H and O–H groups in total. The number of carbonyl (C=O) groups excluding carboxylic acids is 1. The second kappa shape index (κ2) is 6.64. The molecule has 0 spiro atoms.